The van der Waals surface area contributed by atoms with Crippen molar-refractivity contribution in [3.05, 3.63) is 77.3 Å². The Labute approximate surface area is 140 Å². The molecule has 1 aromatic heterocycles. The van der Waals surface area contributed by atoms with E-state index in [0.717, 1.165) is 5.56 Å². The van der Waals surface area contributed by atoms with Crippen LogP contribution in [0.15, 0.2) is 66.2 Å². The van der Waals surface area contributed by atoms with Crippen LogP contribution in [-0.4, -0.2) is 33.2 Å². The van der Waals surface area contributed by atoms with Gasteiger partial charge in [0.2, 0.25) is 0 Å². The smallest absolute Gasteiger partial charge is 0.290 e. The van der Waals surface area contributed by atoms with Crippen LogP contribution in [0.5, 0.6) is 0 Å². The maximum absolute atomic E-state index is 12.5. The highest BCUT2D eigenvalue weighted by atomic mass is 16.3. The molecule has 0 saturated heterocycles. The van der Waals surface area contributed by atoms with Crippen molar-refractivity contribution < 1.29 is 14.7 Å². The number of amides is 1. The molecule has 2 heterocycles. The van der Waals surface area contributed by atoms with Crippen molar-refractivity contribution in [2.24, 2.45) is 0 Å². The van der Waals surface area contributed by atoms with Crippen molar-refractivity contribution in [1.29, 1.82) is 0 Å². The molecule has 2 aromatic rings. The van der Waals surface area contributed by atoms with Crippen LogP contribution in [0.1, 0.15) is 24.1 Å². The van der Waals surface area contributed by atoms with E-state index in [9.17, 15) is 14.7 Å². The molecular weight excluding hydrogens is 304 g/mol. The zero-order chi connectivity index (χ0) is 17.1. The predicted molar refractivity (Wildman–Crippen MR) is 89.2 cm³/mol. The van der Waals surface area contributed by atoms with Gasteiger partial charge in [-0.2, -0.15) is 0 Å². The van der Waals surface area contributed by atoms with Gasteiger partial charge in [0.15, 0.2) is 11.5 Å². The Morgan fingerprint density at radius 2 is 1.96 bits per heavy atom. The maximum atomic E-state index is 12.5. The minimum atomic E-state index is -0.590. The van der Waals surface area contributed by atoms with Crippen molar-refractivity contribution in [1.82, 2.24) is 9.88 Å². The van der Waals surface area contributed by atoms with E-state index in [1.54, 1.807) is 18.5 Å². The number of hydrogen-bond donors (Lipinski definition) is 1. The molecule has 1 atom stereocenters. The molecule has 0 radical (unpaired) electrons. The van der Waals surface area contributed by atoms with Crippen LogP contribution in [0.4, 0.5) is 0 Å². The standard InChI is InChI=1S/C19H18N2O3/c1-13(22)16-17(15-8-5-10-20-12-15)21(19(24)18(16)23)11-9-14-6-3-2-4-7-14/h2-8,10,12,17,23H,9,11H2,1H3. The summed E-state index contributed by atoms with van der Waals surface area (Å²) in [5.41, 5.74) is 1.94. The molecule has 1 aliphatic heterocycles. The van der Waals surface area contributed by atoms with E-state index in [0.29, 0.717) is 18.5 Å². The van der Waals surface area contributed by atoms with E-state index in [-0.39, 0.29) is 11.4 Å². The molecular formula is C19H18N2O3. The average molecular weight is 322 g/mol. The largest absolute Gasteiger partial charge is 0.503 e. The van der Waals surface area contributed by atoms with Gasteiger partial charge >= 0.3 is 0 Å². The van der Waals surface area contributed by atoms with E-state index in [1.807, 2.05) is 36.4 Å². The highest BCUT2D eigenvalue weighted by Gasteiger charge is 2.42. The first-order valence-corrected chi connectivity index (χ1v) is 7.78. The number of carbonyl (C=O) groups excluding carboxylic acids is 2. The van der Waals surface area contributed by atoms with E-state index >= 15 is 0 Å². The van der Waals surface area contributed by atoms with Crippen molar-refractivity contribution in [3.63, 3.8) is 0 Å². The summed E-state index contributed by atoms with van der Waals surface area (Å²) in [6.07, 6.45) is 3.89. The van der Waals surface area contributed by atoms with Gasteiger partial charge in [-0.3, -0.25) is 14.6 Å². The second-order valence-electron chi connectivity index (χ2n) is 5.74. The first kappa shape index (κ1) is 15.9. The molecule has 5 heteroatoms. The summed E-state index contributed by atoms with van der Waals surface area (Å²) in [6, 6.07) is 12.8. The van der Waals surface area contributed by atoms with Gasteiger partial charge in [-0.15, -0.1) is 0 Å². The summed E-state index contributed by atoms with van der Waals surface area (Å²) < 4.78 is 0. The molecule has 0 aliphatic carbocycles. The van der Waals surface area contributed by atoms with E-state index in [4.69, 9.17) is 0 Å². The lowest BCUT2D eigenvalue weighted by Gasteiger charge is -2.26. The Balaban J connectivity index is 1.92. The third kappa shape index (κ3) is 2.93. The van der Waals surface area contributed by atoms with Crippen molar-refractivity contribution >= 4 is 11.7 Å². The van der Waals surface area contributed by atoms with Crippen molar-refractivity contribution in [2.75, 3.05) is 6.54 Å². The third-order valence-electron chi connectivity index (χ3n) is 4.17. The molecule has 122 valence electrons. The molecule has 3 rings (SSSR count). The first-order chi connectivity index (χ1) is 11.6. The molecule has 5 nitrogen and oxygen atoms in total. The fourth-order valence-corrected chi connectivity index (χ4v) is 3.02. The number of aliphatic hydroxyl groups excluding tert-OH is 1. The molecule has 0 bridgehead atoms. The van der Waals surface area contributed by atoms with Crippen LogP contribution in [0.25, 0.3) is 0 Å². The molecule has 1 unspecified atom stereocenters. The number of carbonyl (C=O) groups is 2. The summed E-state index contributed by atoms with van der Waals surface area (Å²) in [5.74, 6) is -1.27. The minimum absolute atomic E-state index is 0.140. The zero-order valence-electron chi connectivity index (χ0n) is 13.3. The Morgan fingerprint density at radius 1 is 1.21 bits per heavy atom. The fourth-order valence-electron chi connectivity index (χ4n) is 3.02. The summed E-state index contributed by atoms with van der Waals surface area (Å²) in [7, 11) is 0. The van der Waals surface area contributed by atoms with Crippen LogP contribution < -0.4 is 0 Å². The second kappa shape index (κ2) is 6.66. The SMILES string of the molecule is CC(=O)C1=C(O)C(=O)N(CCc2ccccc2)C1c1cccnc1. The lowest BCUT2D eigenvalue weighted by atomic mass is 9.98. The van der Waals surface area contributed by atoms with Crippen LogP contribution in [-0.2, 0) is 16.0 Å². The lowest BCUT2D eigenvalue weighted by molar-refractivity contribution is -0.129. The quantitative estimate of drug-likeness (QED) is 0.918. The van der Waals surface area contributed by atoms with Crippen molar-refractivity contribution in [3.8, 4) is 0 Å². The average Bonchev–Trinajstić information content (AvgIpc) is 2.86. The Bertz CT molecular complexity index is 785. The van der Waals surface area contributed by atoms with Gasteiger partial charge in [0.05, 0.1) is 11.6 Å². The number of benzene rings is 1. The summed E-state index contributed by atoms with van der Waals surface area (Å²) in [6.45, 7) is 1.77. The molecule has 0 fully saturated rings. The number of Topliss-reactive ketones (excluding diaryl/α,β-unsaturated/α-hetero) is 1. The Hall–Kier alpha value is -2.95. The topological polar surface area (TPSA) is 70.5 Å². The van der Waals surface area contributed by atoms with Gasteiger partial charge in [-0.05, 0) is 30.5 Å². The molecule has 1 aliphatic rings. The number of hydrogen-bond acceptors (Lipinski definition) is 4. The fraction of sp³-hybridized carbons (Fsp3) is 0.211. The van der Waals surface area contributed by atoms with Crippen LogP contribution in [0.2, 0.25) is 0 Å². The first-order valence-electron chi connectivity index (χ1n) is 7.78. The van der Waals surface area contributed by atoms with Gasteiger partial charge in [0.1, 0.15) is 0 Å². The molecule has 0 spiro atoms. The van der Waals surface area contributed by atoms with E-state index in [1.165, 1.54) is 11.8 Å². The van der Waals surface area contributed by atoms with Gasteiger partial charge in [0, 0.05) is 18.9 Å². The normalized spacial score (nSPS) is 17.5. The Kier molecular flexibility index (Phi) is 4.42. The van der Waals surface area contributed by atoms with E-state index in [2.05, 4.69) is 4.98 Å². The Morgan fingerprint density at radius 3 is 2.58 bits per heavy atom. The van der Waals surface area contributed by atoms with Gasteiger partial charge < -0.3 is 10.0 Å². The minimum Gasteiger partial charge on any atom is -0.503 e. The monoisotopic (exact) mass is 322 g/mol. The highest BCUT2D eigenvalue weighted by molar-refractivity contribution is 6.08. The second-order valence-corrected chi connectivity index (χ2v) is 5.74. The third-order valence-corrected chi connectivity index (χ3v) is 4.17. The number of ketones is 1. The highest BCUT2D eigenvalue weighted by Crippen LogP contribution is 2.37. The van der Waals surface area contributed by atoms with Crippen LogP contribution >= 0.6 is 0 Å². The zero-order valence-corrected chi connectivity index (χ0v) is 13.3. The summed E-state index contributed by atoms with van der Waals surface area (Å²) >= 11 is 0. The van der Waals surface area contributed by atoms with Gasteiger partial charge in [-0.25, -0.2) is 0 Å². The molecule has 0 saturated carbocycles. The molecule has 24 heavy (non-hydrogen) atoms. The number of pyridine rings is 1. The van der Waals surface area contributed by atoms with Gasteiger partial charge in [0.25, 0.3) is 5.91 Å². The number of nitrogens with zero attached hydrogens (tertiary/aromatic N) is 2. The molecule has 1 amide bonds. The van der Waals surface area contributed by atoms with Crippen LogP contribution in [0.3, 0.4) is 0 Å². The predicted octanol–water partition coefficient (Wildman–Crippen LogP) is 2.61. The summed E-state index contributed by atoms with van der Waals surface area (Å²) in [4.78, 5) is 30.1. The van der Waals surface area contributed by atoms with E-state index < -0.39 is 17.7 Å². The maximum Gasteiger partial charge on any atom is 0.290 e. The number of aromatic nitrogens is 1. The lowest BCUT2D eigenvalue weighted by Crippen LogP contribution is -2.33. The molecule has 1 N–H and O–H groups in total. The number of aliphatic hydroxyl groups is 1. The van der Waals surface area contributed by atoms with Crippen molar-refractivity contribution in [2.45, 2.75) is 19.4 Å². The summed E-state index contributed by atoms with van der Waals surface area (Å²) in [5, 5.41) is 10.2. The van der Waals surface area contributed by atoms with Gasteiger partial charge in [-0.1, -0.05) is 36.4 Å². The van der Waals surface area contributed by atoms with Crippen LogP contribution in [0, 0.1) is 0 Å². The number of rotatable bonds is 5. The molecule has 1 aromatic carbocycles.